The second-order valence-electron chi connectivity index (χ2n) is 7.71. The Labute approximate surface area is 194 Å². The number of nitro groups is 2. The van der Waals surface area contributed by atoms with Crippen LogP contribution in [0.2, 0.25) is 0 Å². The van der Waals surface area contributed by atoms with Crippen molar-refractivity contribution in [2.75, 3.05) is 0 Å². The van der Waals surface area contributed by atoms with Crippen molar-refractivity contribution in [2.45, 2.75) is 63.9 Å². The van der Waals surface area contributed by atoms with Crippen LogP contribution >= 0.6 is 0 Å². The first-order valence-electron chi connectivity index (χ1n) is 10.1. The van der Waals surface area contributed by atoms with Gasteiger partial charge in [-0.1, -0.05) is 0 Å². The number of ether oxygens (including phenoxy) is 4. The molecule has 4 atom stereocenters. The van der Waals surface area contributed by atoms with Gasteiger partial charge >= 0.3 is 18.1 Å². The number of nitrogens with zero attached hydrogens (tertiary/aromatic N) is 2. The molecule has 0 spiro atoms. The number of carbonyl (C=O) groups is 3. The summed E-state index contributed by atoms with van der Waals surface area (Å²) in [6.07, 6.45) is 3.31. The molecule has 4 unspecified atom stereocenters. The van der Waals surface area contributed by atoms with Crippen LogP contribution in [0.1, 0.15) is 40.5 Å². The summed E-state index contributed by atoms with van der Waals surface area (Å²) in [5.41, 5.74) is -3.74. The number of esters is 2. The lowest BCUT2D eigenvalue weighted by Crippen LogP contribution is -2.50. The van der Waals surface area contributed by atoms with Crippen molar-refractivity contribution in [3.63, 3.8) is 0 Å². The van der Waals surface area contributed by atoms with Gasteiger partial charge in [-0.2, -0.15) is 0 Å². The summed E-state index contributed by atoms with van der Waals surface area (Å²) >= 11 is 0. The average molecular weight is 480 g/mol. The standard InChI is InChI=1S/C21H24N2O11/c1-13(31-15(3)24)20(9-5-17(6-10-20)22(27)28)33-19(26)34-21(14(2)32-16(4)25)11-7-18(8-12-21)23(29)30/h5-9,11,13-14H,10,12H2,1-4H3. The van der Waals surface area contributed by atoms with Crippen LogP contribution in [0.3, 0.4) is 0 Å². The predicted molar refractivity (Wildman–Crippen MR) is 113 cm³/mol. The molecule has 0 aromatic carbocycles. The van der Waals surface area contributed by atoms with Crippen molar-refractivity contribution in [2.24, 2.45) is 0 Å². The van der Waals surface area contributed by atoms with Crippen LogP contribution < -0.4 is 0 Å². The number of hydrogen-bond acceptors (Lipinski definition) is 11. The molecule has 0 amide bonds. The maximum atomic E-state index is 12.9. The van der Waals surface area contributed by atoms with Crippen LogP contribution in [0, 0.1) is 20.2 Å². The van der Waals surface area contributed by atoms with Crippen molar-refractivity contribution in [1.29, 1.82) is 0 Å². The quantitative estimate of drug-likeness (QED) is 0.216. The van der Waals surface area contributed by atoms with Crippen LogP contribution in [0.15, 0.2) is 47.9 Å². The highest BCUT2D eigenvalue weighted by atomic mass is 16.8. The van der Waals surface area contributed by atoms with Gasteiger partial charge in [-0.05, 0) is 38.2 Å². The Kier molecular flexibility index (Phi) is 7.92. The highest BCUT2D eigenvalue weighted by molar-refractivity contribution is 5.67. The molecule has 0 radical (unpaired) electrons. The monoisotopic (exact) mass is 480 g/mol. The van der Waals surface area contributed by atoms with Crippen molar-refractivity contribution in [3.8, 4) is 0 Å². The Hall–Kier alpha value is -4.03. The van der Waals surface area contributed by atoms with Gasteiger partial charge in [-0.3, -0.25) is 29.8 Å². The lowest BCUT2D eigenvalue weighted by molar-refractivity contribution is -0.419. The lowest BCUT2D eigenvalue weighted by atomic mass is 9.88. The molecule has 0 N–H and O–H groups in total. The van der Waals surface area contributed by atoms with Gasteiger partial charge in [0.05, 0.1) is 9.85 Å². The van der Waals surface area contributed by atoms with E-state index < -0.39 is 51.4 Å². The number of carbonyl (C=O) groups excluding carboxylic acids is 3. The van der Waals surface area contributed by atoms with Crippen molar-refractivity contribution in [3.05, 3.63) is 68.1 Å². The highest BCUT2D eigenvalue weighted by Crippen LogP contribution is 2.35. The minimum absolute atomic E-state index is 0.197. The van der Waals surface area contributed by atoms with Gasteiger partial charge in [0.1, 0.15) is 12.2 Å². The summed E-state index contributed by atoms with van der Waals surface area (Å²) in [6, 6.07) is 0. The third kappa shape index (κ3) is 6.05. The molecule has 0 saturated carbocycles. The maximum Gasteiger partial charge on any atom is 0.510 e. The zero-order chi connectivity index (χ0) is 25.7. The van der Waals surface area contributed by atoms with E-state index in [-0.39, 0.29) is 24.2 Å². The average Bonchev–Trinajstić information content (AvgIpc) is 2.73. The van der Waals surface area contributed by atoms with Crippen LogP contribution in [-0.2, 0) is 28.5 Å². The smallest absolute Gasteiger partial charge is 0.458 e. The zero-order valence-corrected chi connectivity index (χ0v) is 18.9. The molecule has 0 fully saturated rings. The zero-order valence-electron chi connectivity index (χ0n) is 18.9. The number of rotatable bonds is 8. The van der Waals surface area contributed by atoms with E-state index >= 15 is 0 Å². The molecular formula is C21H24N2O11. The molecule has 184 valence electrons. The Balaban J connectivity index is 2.32. The second kappa shape index (κ2) is 10.3. The maximum absolute atomic E-state index is 12.9. The van der Waals surface area contributed by atoms with Crippen LogP contribution in [-0.4, -0.2) is 51.4 Å². The molecule has 0 heterocycles. The Morgan fingerprint density at radius 3 is 1.41 bits per heavy atom. The van der Waals surface area contributed by atoms with Gasteiger partial charge in [0.25, 0.3) is 11.4 Å². The minimum Gasteiger partial charge on any atom is -0.458 e. The summed E-state index contributed by atoms with van der Waals surface area (Å²) in [6.45, 7) is 5.17. The van der Waals surface area contributed by atoms with E-state index in [2.05, 4.69) is 0 Å². The van der Waals surface area contributed by atoms with Crippen LogP contribution in [0.25, 0.3) is 0 Å². The Bertz CT molecular complexity index is 934. The van der Waals surface area contributed by atoms with E-state index in [1.807, 2.05) is 0 Å². The summed E-state index contributed by atoms with van der Waals surface area (Å²) in [5, 5.41) is 22.1. The van der Waals surface area contributed by atoms with Crippen LogP contribution in [0.4, 0.5) is 4.79 Å². The fourth-order valence-electron chi connectivity index (χ4n) is 3.47. The summed E-state index contributed by atoms with van der Waals surface area (Å²) in [5.74, 6) is -1.34. The fraction of sp³-hybridized carbons (Fsp3) is 0.476. The van der Waals surface area contributed by atoms with E-state index in [4.69, 9.17) is 18.9 Å². The van der Waals surface area contributed by atoms with E-state index in [1.54, 1.807) is 0 Å². The molecule has 13 heteroatoms. The first-order chi connectivity index (χ1) is 15.8. The van der Waals surface area contributed by atoms with Gasteiger partial charge in [0, 0.05) is 38.8 Å². The van der Waals surface area contributed by atoms with Gasteiger partial charge in [0.15, 0.2) is 11.2 Å². The largest absolute Gasteiger partial charge is 0.510 e. The SMILES string of the molecule is CC(=O)OC(C)C1(OC(=O)OC2(C(C)OC(C)=O)C=CC([N+](=O)[O-])=CC2)C=CC([N+](=O)[O-])=CC1. The van der Waals surface area contributed by atoms with E-state index in [9.17, 15) is 34.6 Å². The highest BCUT2D eigenvalue weighted by Gasteiger charge is 2.47. The molecule has 0 aliphatic heterocycles. The molecule has 2 aliphatic rings. The fourth-order valence-corrected chi connectivity index (χ4v) is 3.47. The van der Waals surface area contributed by atoms with E-state index in [1.165, 1.54) is 38.2 Å². The Morgan fingerprint density at radius 1 is 0.824 bits per heavy atom. The van der Waals surface area contributed by atoms with Crippen molar-refractivity contribution in [1.82, 2.24) is 0 Å². The molecule has 0 aromatic heterocycles. The molecule has 0 bridgehead atoms. The molecule has 0 saturated heterocycles. The topological polar surface area (TPSA) is 174 Å². The first kappa shape index (κ1) is 26.2. The molecule has 34 heavy (non-hydrogen) atoms. The third-order valence-electron chi connectivity index (χ3n) is 5.36. The van der Waals surface area contributed by atoms with Gasteiger partial charge in [-0.25, -0.2) is 4.79 Å². The summed E-state index contributed by atoms with van der Waals surface area (Å²) in [4.78, 5) is 56.7. The third-order valence-corrected chi connectivity index (χ3v) is 5.36. The molecule has 2 rings (SSSR count). The van der Waals surface area contributed by atoms with E-state index in [0.717, 1.165) is 26.0 Å². The predicted octanol–water partition coefficient (Wildman–Crippen LogP) is 2.76. The second-order valence-corrected chi connectivity index (χ2v) is 7.71. The first-order valence-corrected chi connectivity index (χ1v) is 10.1. The van der Waals surface area contributed by atoms with Crippen LogP contribution in [0.5, 0.6) is 0 Å². The normalized spacial score (nSPS) is 25.2. The van der Waals surface area contributed by atoms with Crippen molar-refractivity contribution >= 4 is 18.1 Å². The number of allylic oxidation sites excluding steroid dienone is 2. The minimum atomic E-state index is -1.63. The summed E-state index contributed by atoms with van der Waals surface area (Å²) < 4.78 is 21.3. The molecule has 2 aliphatic carbocycles. The van der Waals surface area contributed by atoms with Gasteiger partial charge < -0.3 is 18.9 Å². The molecule has 13 nitrogen and oxygen atoms in total. The Morgan fingerprint density at radius 2 is 1.18 bits per heavy atom. The van der Waals surface area contributed by atoms with E-state index in [0.29, 0.717) is 0 Å². The van der Waals surface area contributed by atoms with Gasteiger partial charge in [-0.15, -0.1) is 0 Å². The van der Waals surface area contributed by atoms with Crippen molar-refractivity contribution < 1.29 is 43.2 Å². The number of hydrogen-bond donors (Lipinski definition) is 0. The van der Waals surface area contributed by atoms with Gasteiger partial charge in [0.2, 0.25) is 0 Å². The molecular weight excluding hydrogens is 456 g/mol. The molecule has 0 aromatic rings. The lowest BCUT2D eigenvalue weighted by Gasteiger charge is -2.38. The summed E-state index contributed by atoms with van der Waals surface area (Å²) in [7, 11) is 0.